The third kappa shape index (κ3) is 4.60. The number of nitrogens with zero attached hydrogens (tertiary/aromatic N) is 4. The van der Waals surface area contributed by atoms with Crippen LogP contribution in [-0.2, 0) is 0 Å². The minimum Gasteiger partial charge on any atom is -0.456 e. The summed E-state index contributed by atoms with van der Waals surface area (Å²) in [5, 5.41) is 4.60. The van der Waals surface area contributed by atoms with Gasteiger partial charge >= 0.3 is 0 Å². The molecule has 0 unspecified atom stereocenters. The van der Waals surface area contributed by atoms with Gasteiger partial charge in [-0.05, 0) is 53.6 Å². The summed E-state index contributed by atoms with van der Waals surface area (Å²) in [4.78, 5) is 15.1. The van der Waals surface area contributed by atoms with Gasteiger partial charge < -0.3 is 8.98 Å². The summed E-state index contributed by atoms with van der Waals surface area (Å²) in [7, 11) is 0. The van der Waals surface area contributed by atoms with E-state index >= 15 is 0 Å². The summed E-state index contributed by atoms with van der Waals surface area (Å²) in [5.41, 5.74) is 10.1. The van der Waals surface area contributed by atoms with E-state index in [9.17, 15) is 0 Å². The van der Waals surface area contributed by atoms with E-state index in [1.807, 2.05) is 72.8 Å². The Bertz CT molecular complexity index is 2810. The van der Waals surface area contributed by atoms with E-state index in [0.717, 1.165) is 66.5 Å². The molecule has 10 aromatic rings. The molecule has 0 radical (unpaired) electrons. The molecule has 0 amide bonds. The van der Waals surface area contributed by atoms with Gasteiger partial charge in [-0.15, -0.1) is 0 Å². The first-order valence-corrected chi connectivity index (χ1v) is 16.7. The molecule has 5 heteroatoms. The van der Waals surface area contributed by atoms with E-state index in [0.29, 0.717) is 17.5 Å². The molecule has 0 aliphatic carbocycles. The van der Waals surface area contributed by atoms with Gasteiger partial charge in [-0.2, -0.15) is 0 Å². The molecule has 0 bridgehead atoms. The van der Waals surface area contributed by atoms with Crippen molar-refractivity contribution in [2.75, 3.05) is 0 Å². The molecule has 0 aliphatic rings. The summed E-state index contributed by atoms with van der Waals surface area (Å²) in [5.74, 6) is 1.89. The van der Waals surface area contributed by atoms with Crippen molar-refractivity contribution in [2.45, 2.75) is 0 Å². The minimum atomic E-state index is 0.618. The summed E-state index contributed by atoms with van der Waals surface area (Å²) >= 11 is 0. The van der Waals surface area contributed by atoms with E-state index in [1.54, 1.807) is 0 Å². The molecule has 50 heavy (non-hydrogen) atoms. The van der Waals surface area contributed by atoms with E-state index in [-0.39, 0.29) is 0 Å². The van der Waals surface area contributed by atoms with Crippen LogP contribution in [0, 0.1) is 0 Å². The van der Waals surface area contributed by atoms with Crippen molar-refractivity contribution in [3.05, 3.63) is 170 Å². The number of hydrogen-bond donors (Lipinski definition) is 0. The first kappa shape index (κ1) is 28.2. The smallest absolute Gasteiger partial charge is 0.166 e. The third-order valence-corrected chi connectivity index (χ3v) is 9.47. The Labute approximate surface area is 287 Å². The number of benzene rings is 7. The lowest BCUT2D eigenvalue weighted by Gasteiger charge is -2.15. The fraction of sp³-hybridized carbons (Fsp3) is 0. The third-order valence-electron chi connectivity index (χ3n) is 9.47. The van der Waals surface area contributed by atoms with Crippen molar-refractivity contribution < 1.29 is 4.42 Å². The Morgan fingerprint density at radius 2 is 0.920 bits per heavy atom. The standard InChI is InChI=1S/C45H28N4O/c1-3-13-29(14-4-1)43-46-44(30-15-5-2-6-16-30)48-45(47-43)36-19-8-11-21-39(36)49-38-20-10-7-17-33(38)34-25-23-32(28-40(34)49)31-24-26-42-37(27-31)35-18-9-12-22-41(35)50-42/h1-28H. The van der Waals surface area contributed by atoms with Crippen LogP contribution in [0.15, 0.2) is 174 Å². The maximum Gasteiger partial charge on any atom is 0.166 e. The van der Waals surface area contributed by atoms with E-state index in [4.69, 9.17) is 19.4 Å². The summed E-state index contributed by atoms with van der Waals surface area (Å²) < 4.78 is 8.49. The molecule has 10 rings (SSSR count). The SMILES string of the molecule is c1ccc(-c2nc(-c3ccccc3)nc(-c3ccccc3-n3c4ccccc4c4ccc(-c5ccc6oc7ccccc7c6c5)cc43)n2)cc1. The largest absolute Gasteiger partial charge is 0.456 e. The highest BCUT2D eigenvalue weighted by molar-refractivity contribution is 6.11. The molecule has 0 spiro atoms. The van der Waals surface area contributed by atoms with Crippen LogP contribution < -0.4 is 0 Å². The predicted octanol–water partition coefficient (Wildman–Crippen LogP) is 11.5. The zero-order valence-electron chi connectivity index (χ0n) is 26.9. The number of para-hydroxylation sites is 3. The first-order valence-electron chi connectivity index (χ1n) is 16.7. The Morgan fingerprint density at radius 1 is 0.360 bits per heavy atom. The highest BCUT2D eigenvalue weighted by atomic mass is 16.3. The fourth-order valence-corrected chi connectivity index (χ4v) is 7.10. The van der Waals surface area contributed by atoms with Gasteiger partial charge in [-0.3, -0.25) is 0 Å². The van der Waals surface area contributed by atoms with Crippen LogP contribution in [0.1, 0.15) is 0 Å². The number of hydrogen-bond acceptors (Lipinski definition) is 4. The minimum absolute atomic E-state index is 0.618. The highest BCUT2D eigenvalue weighted by Gasteiger charge is 2.20. The van der Waals surface area contributed by atoms with Gasteiger partial charge in [-0.25, -0.2) is 15.0 Å². The fourth-order valence-electron chi connectivity index (χ4n) is 7.10. The van der Waals surface area contributed by atoms with Gasteiger partial charge in [0.25, 0.3) is 0 Å². The van der Waals surface area contributed by atoms with Gasteiger partial charge in [0.05, 0.1) is 16.7 Å². The van der Waals surface area contributed by atoms with Crippen LogP contribution >= 0.6 is 0 Å². The Hall–Kier alpha value is -6.85. The van der Waals surface area contributed by atoms with Gasteiger partial charge in [-0.1, -0.05) is 127 Å². The van der Waals surface area contributed by atoms with E-state index < -0.39 is 0 Å². The van der Waals surface area contributed by atoms with Crippen LogP contribution in [0.2, 0.25) is 0 Å². The summed E-state index contributed by atoms with van der Waals surface area (Å²) in [6.07, 6.45) is 0. The first-order chi connectivity index (χ1) is 24.8. The van der Waals surface area contributed by atoms with Crippen LogP contribution in [-0.4, -0.2) is 19.5 Å². The number of fused-ring (bicyclic) bond motifs is 6. The van der Waals surface area contributed by atoms with Gasteiger partial charge in [0.2, 0.25) is 0 Å². The molecule has 7 aromatic carbocycles. The molecule has 3 heterocycles. The highest BCUT2D eigenvalue weighted by Crippen LogP contribution is 2.39. The van der Waals surface area contributed by atoms with Crippen molar-refractivity contribution in [3.8, 4) is 51.0 Å². The van der Waals surface area contributed by atoms with Crippen molar-refractivity contribution in [1.29, 1.82) is 0 Å². The van der Waals surface area contributed by atoms with Crippen LogP contribution in [0.5, 0.6) is 0 Å². The van der Waals surface area contributed by atoms with Gasteiger partial charge in [0.1, 0.15) is 11.2 Å². The Kier molecular flexibility index (Phi) is 6.42. The second-order valence-corrected chi connectivity index (χ2v) is 12.4. The van der Waals surface area contributed by atoms with Crippen molar-refractivity contribution in [2.24, 2.45) is 0 Å². The zero-order valence-corrected chi connectivity index (χ0v) is 26.9. The maximum atomic E-state index is 6.14. The van der Waals surface area contributed by atoms with E-state index in [2.05, 4.69) is 102 Å². The number of rotatable bonds is 5. The average molecular weight is 641 g/mol. The number of aromatic nitrogens is 4. The Morgan fingerprint density at radius 3 is 1.70 bits per heavy atom. The molecule has 0 atom stereocenters. The molecular weight excluding hydrogens is 613 g/mol. The monoisotopic (exact) mass is 640 g/mol. The molecule has 3 aromatic heterocycles. The van der Waals surface area contributed by atoms with Gasteiger partial charge in [0.15, 0.2) is 17.5 Å². The normalized spacial score (nSPS) is 11.6. The lowest BCUT2D eigenvalue weighted by Crippen LogP contribution is -2.03. The molecule has 5 nitrogen and oxygen atoms in total. The molecule has 234 valence electrons. The lowest BCUT2D eigenvalue weighted by atomic mass is 10.0. The molecule has 0 saturated carbocycles. The van der Waals surface area contributed by atoms with Crippen molar-refractivity contribution >= 4 is 43.7 Å². The van der Waals surface area contributed by atoms with E-state index in [1.165, 1.54) is 10.8 Å². The molecule has 0 saturated heterocycles. The van der Waals surface area contributed by atoms with Crippen LogP contribution in [0.25, 0.3) is 94.7 Å². The topological polar surface area (TPSA) is 56.7 Å². The lowest BCUT2D eigenvalue weighted by molar-refractivity contribution is 0.669. The molecule has 0 aliphatic heterocycles. The second kappa shape index (κ2) is 11.4. The second-order valence-electron chi connectivity index (χ2n) is 12.4. The quantitative estimate of drug-likeness (QED) is 0.188. The maximum absolute atomic E-state index is 6.14. The van der Waals surface area contributed by atoms with Crippen molar-refractivity contribution in [1.82, 2.24) is 19.5 Å². The summed E-state index contributed by atoms with van der Waals surface area (Å²) in [6, 6.07) is 58.7. The van der Waals surface area contributed by atoms with Crippen molar-refractivity contribution in [3.63, 3.8) is 0 Å². The molecular formula is C45H28N4O. The predicted molar refractivity (Wildman–Crippen MR) is 203 cm³/mol. The van der Waals surface area contributed by atoms with Crippen LogP contribution in [0.4, 0.5) is 0 Å². The summed E-state index contributed by atoms with van der Waals surface area (Å²) in [6.45, 7) is 0. The Balaban J connectivity index is 1.20. The zero-order chi connectivity index (χ0) is 33.0. The molecule has 0 fully saturated rings. The van der Waals surface area contributed by atoms with Gasteiger partial charge in [0, 0.05) is 38.2 Å². The number of furan rings is 1. The van der Waals surface area contributed by atoms with Crippen LogP contribution in [0.3, 0.4) is 0 Å². The average Bonchev–Trinajstić information content (AvgIpc) is 3.73. The molecule has 0 N–H and O–H groups in total.